The van der Waals surface area contributed by atoms with Crippen molar-refractivity contribution in [1.82, 2.24) is 4.90 Å². The molecule has 1 aromatic carbocycles. The lowest BCUT2D eigenvalue weighted by Gasteiger charge is -2.16. The van der Waals surface area contributed by atoms with E-state index in [1.807, 2.05) is 0 Å². The minimum Gasteiger partial charge on any atom is -0.484 e. The van der Waals surface area contributed by atoms with E-state index in [9.17, 15) is 14.4 Å². The molecule has 1 heterocycles. The first-order valence-electron chi connectivity index (χ1n) is 8.81. The second-order valence-corrected chi connectivity index (χ2v) is 6.01. The van der Waals surface area contributed by atoms with Crippen LogP contribution in [0.5, 0.6) is 5.75 Å². The molecule has 1 aromatic rings. The summed E-state index contributed by atoms with van der Waals surface area (Å²) in [6, 6.07) is 6.73. The van der Waals surface area contributed by atoms with Crippen molar-refractivity contribution in [3.63, 3.8) is 0 Å². The van der Waals surface area contributed by atoms with Gasteiger partial charge in [-0.15, -0.1) is 0 Å². The normalized spacial score (nSPS) is 15.3. The van der Waals surface area contributed by atoms with Gasteiger partial charge in [-0.25, -0.2) is 4.79 Å². The molecule has 8 heteroatoms. The highest BCUT2D eigenvalue weighted by atomic mass is 16.5. The van der Waals surface area contributed by atoms with Crippen LogP contribution in [0.2, 0.25) is 0 Å². The van der Waals surface area contributed by atoms with Crippen molar-refractivity contribution in [2.24, 2.45) is 5.73 Å². The smallest absolute Gasteiger partial charge is 0.340 e. The van der Waals surface area contributed by atoms with Crippen LogP contribution in [0.4, 0.5) is 0 Å². The van der Waals surface area contributed by atoms with Crippen molar-refractivity contribution in [2.75, 3.05) is 33.5 Å². The van der Waals surface area contributed by atoms with Gasteiger partial charge in [0.05, 0.1) is 24.4 Å². The highest BCUT2D eigenvalue weighted by molar-refractivity contribution is 6.16. The number of carbonyl (C=O) groups is 3. The molecule has 2 N–H and O–H groups in total. The van der Waals surface area contributed by atoms with Crippen LogP contribution in [0.1, 0.15) is 19.4 Å². The summed E-state index contributed by atoms with van der Waals surface area (Å²) in [5, 5.41) is 0. The fourth-order valence-electron chi connectivity index (χ4n) is 2.76. The highest BCUT2D eigenvalue weighted by Gasteiger charge is 2.36. The maximum atomic E-state index is 12.9. The average Bonchev–Trinajstić information content (AvgIpc) is 2.89. The van der Waals surface area contributed by atoms with Gasteiger partial charge < -0.3 is 24.8 Å². The number of amides is 2. The van der Waals surface area contributed by atoms with E-state index in [1.54, 1.807) is 51.3 Å². The first kappa shape index (κ1) is 21.2. The van der Waals surface area contributed by atoms with Crippen LogP contribution >= 0.6 is 0 Å². The Morgan fingerprint density at radius 2 is 1.89 bits per heavy atom. The van der Waals surface area contributed by atoms with Gasteiger partial charge in [0.15, 0.2) is 6.61 Å². The summed E-state index contributed by atoms with van der Waals surface area (Å²) in [6.45, 7) is 4.09. The van der Waals surface area contributed by atoms with E-state index in [2.05, 4.69) is 0 Å². The van der Waals surface area contributed by atoms with Crippen LogP contribution in [0.25, 0.3) is 6.08 Å². The fourth-order valence-corrected chi connectivity index (χ4v) is 2.76. The Labute approximate surface area is 163 Å². The van der Waals surface area contributed by atoms with Crippen LogP contribution in [0.3, 0.4) is 0 Å². The van der Waals surface area contributed by atoms with E-state index in [4.69, 9.17) is 19.9 Å². The molecule has 0 aromatic heterocycles. The molecule has 0 radical (unpaired) electrons. The molecule has 2 amide bonds. The van der Waals surface area contributed by atoms with Gasteiger partial charge in [-0.05, 0) is 37.6 Å². The van der Waals surface area contributed by atoms with Gasteiger partial charge in [0, 0.05) is 19.4 Å². The highest BCUT2D eigenvalue weighted by Crippen LogP contribution is 2.31. The maximum Gasteiger partial charge on any atom is 0.340 e. The van der Waals surface area contributed by atoms with Crippen molar-refractivity contribution >= 4 is 23.9 Å². The number of esters is 1. The Kier molecular flexibility index (Phi) is 7.34. The number of hydrogen-bond donors (Lipinski definition) is 1. The average molecular weight is 388 g/mol. The molecule has 8 nitrogen and oxygen atoms in total. The van der Waals surface area contributed by atoms with E-state index in [-0.39, 0.29) is 30.3 Å². The predicted octanol–water partition coefficient (Wildman–Crippen LogP) is 1.26. The monoisotopic (exact) mass is 388 g/mol. The zero-order chi connectivity index (χ0) is 20.7. The lowest BCUT2D eigenvalue weighted by molar-refractivity contribution is -0.138. The molecule has 0 atom stereocenters. The van der Waals surface area contributed by atoms with E-state index in [1.165, 1.54) is 4.90 Å². The third-order valence-corrected chi connectivity index (χ3v) is 4.08. The van der Waals surface area contributed by atoms with Gasteiger partial charge in [0.1, 0.15) is 5.75 Å². The Bertz CT molecular complexity index is 810. The van der Waals surface area contributed by atoms with Crippen molar-refractivity contribution in [3.05, 3.63) is 46.7 Å². The molecule has 150 valence electrons. The summed E-state index contributed by atoms with van der Waals surface area (Å²) in [5.41, 5.74) is 6.79. The summed E-state index contributed by atoms with van der Waals surface area (Å²) in [4.78, 5) is 37.6. The van der Waals surface area contributed by atoms with Gasteiger partial charge in [0.2, 0.25) is 0 Å². The molecule has 0 unspecified atom stereocenters. The number of nitrogens with two attached hydrogens (primary N) is 1. The Hall–Kier alpha value is -3.13. The quantitative estimate of drug-likeness (QED) is 0.504. The molecule has 1 aliphatic heterocycles. The number of allylic oxidation sites excluding steroid dienone is 1. The zero-order valence-electron chi connectivity index (χ0n) is 16.2. The number of rotatable bonds is 9. The fraction of sp³-hybridized carbons (Fsp3) is 0.350. The number of ether oxygens (including phenoxy) is 3. The molecule has 1 aliphatic rings. The Morgan fingerprint density at radius 3 is 2.46 bits per heavy atom. The molecule has 0 spiro atoms. The summed E-state index contributed by atoms with van der Waals surface area (Å²) in [7, 11) is 1.55. The second-order valence-electron chi connectivity index (χ2n) is 6.01. The van der Waals surface area contributed by atoms with E-state index >= 15 is 0 Å². The molecule has 2 rings (SSSR count). The van der Waals surface area contributed by atoms with Crippen LogP contribution < -0.4 is 10.5 Å². The third kappa shape index (κ3) is 4.98. The third-order valence-electron chi connectivity index (χ3n) is 4.08. The number of nitrogens with zero attached hydrogens (tertiary/aromatic N) is 1. The standard InChI is InChI=1S/C20H24N2O6/c1-4-27-20(25)18-13(2)22(9-10-26-3)19(24)16(18)11-14-5-7-15(8-6-14)28-12-17(21)23/h5-8,11H,4,9-10,12H2,1-3H3,(H2,21,23)/b16-11-. The second kappa shape index (κ2) is 9.70. The number of benzene rings is 1. The Balaban J connectivity index is 2.33. The van der Waals surface area contributed by atoms with Gasteiger partial charge in [-0.2, -0.15) is 0 Å². The van der Waals surface area contributed by atoms with E-state index in [0.717, 1.165) is 0 Å². The molecule has 0 bridgehead atoms. The van der Waals surface area contributed by atoms with Crippen molar-refractivity contribution in [1.29, 1.82) is 0 Å². The molecule has 0 saturated carbocycles. The lowest BCUT2D eigenvalue weighted by Crippen LogP contribution is -2.28. The van der Waals surface area contributed by atoms with Crippen LogP contribution in [0, 0.1) is 0 Å². The van der Waals surface area contributed by atoms with Gasteiger partial charge >= 0.3 is 5.97 Å². The molecular weight excluding hydrogens is 364 g/mol. The molecule has 0 fully saturated rings. The first-order chi connectivity index (χ1) is 13.4. The summed E-state index contributed by atoms with van der Waals surface area (Å²) >= 11 is 0. The van der Waals surface area contributed by atoms with Crippen LogP contribution in [0.15, 0.2) is 41.1 Å². The topological polar surface area (TPSA) is 108 Å². The number of primary amides is 1. The van der Waals surface area contributed by atoms with Gasteiger partial charge in [-0.3, -0.25) is 9.59 Å². The zero-order valence-corrected chi connectivity index (χ0v) is 16.2. The SMILES string of the molecule is CCOC(=O)C1=C(C)N(CCOC)C(=O)/C1=C\c1ccc(OCC(N)=O)cc1. The van der Waals surface area contributed by atoms with Gasteiger partial charge in [-0.1, -0.05) is 12.1 Å². The Morgan fingerprint density at radius 1 is 1.21 bits per heavy atom. The van der Waals surface area contributed by atoms with Crippen LogP contribution in [-0.2, 0) is 23.9 Å². The van der Waals surface area contributed by atoms with Crippen molar-refractivity contribution in [2.45, 2.75) is 13.8 Å². The van der Waals surface area contributed by atoms with Gasteiger partial charge in [0.25, 0.3) is 11.8 Å². The summed E-state index contributed by atoms with van der Waals surface area (Å²) < 4.78 is 15.4. The maximum absolute atomic E-state index is 12.9. The summed E-state index contributed by atoms with van der Waals surface area (Å²) in [6.07, 6.45) is 1.63. The number of methoxy groups -OCH3 is 1. The minimum atomic E-state index is -0.571. The minimum absolute atomic E-state index is 0.209. The van der Waals surface area contributed by atoms with Crippen molar-refractivity contribution in [3.8, 4) is 5.75 Å². The number of hydrogen-bond acceptors (Lipinski definition) is 6. The predicted molar refractivity (Wildman–Crippen MR) is 102 cm³/mol. The lowest BCUT2D eigenvalue weighted by atomic mass is 10.0. The van der Waals surface area contributed by atoms with E-state index in [0.29, 0.717) is 30.2 Å². The number of carbonyl (C=O) groups excluding carboxylic acids is 3. The van der Waals surface area contributed by atoms with E-state index < -0.39 is 11.9 Å². The molecule has 28 heavy (non-hydrogen) atoms. The largest absolute Gasteiger partial charge is 0.484 e. The molecular formula is C20H24N2O6. The summed E-state index contributed by atoms with van der Waals surface area (Å²) in [5.74, 6) is -0.927. The molecule has 0 saturated heterocycles. The first-order valence-corrected chi connectivity index (χ1v) is 8.81. The van der Waals surface area contributed by atoms with Crippen molar-refractivity contribution < 1.29 is 28.6 Å². The van der Waals surface area contributed by atoms with Crippen LogP contribution in [-0.4, -0.2) is 56.2 Å². The molecule has 0 aliphatic carbocycles.